The number of hydrogen-bond acceptors (Lipinski definition) is 2. The van der Waals surface area contributed by atoms with E-state index in [0.717, 1.165) is 0 Å². The fourth-order valence-corrected chi connectivity index (χ4v) is 2.35. The second-order valence-corrected chi connectivity index (χ2v) is 5.66. The van der Waals surface area contributed by atoms with Crippen LogP contribution < -0.4 is 5.56 Å². The number of benzene rings is 1. The highest BCUT2D eigenvalue weighted by Gasteiger charge is 2.09. The van der Waals surface area contributed by atoms with Gasteiger partial charge in [-0.3, -0.25) is 9.36 Å². The minimum absolute atomic E-state index is 0.112. The largest absolute Gasteiger partial charge is 0.294 e. The zero-order valence-electron chi connectivity index (χ0n) is 9.45. The Morgan fingerprint density at radius 2 is 2.22 bits per heavy atom. The van der Waals surface area contributed by atoms with E-state index >= 15 is 0 Å². The van der Waals surface area contributed by atoms with Crippen molar-refractivity contribution in [2.24, 2.45) is 0 Å². The maximum absolute atomic E-state index is 13.4. The molecule has 6 heteroatoms. The van der Waals surface area contributed by atoms with Crippen LogP contribution in [0.2, 0.25) is 0 Å². The Kier molecular flexibility index (Phi) is 4.16. The minimum atomic E-state index is -0.338. The molecule has 3 nitrogen and oxygen atoms in total. The van der Waals surface area contributed by atoms with Crippen LogP contribution in [0.4, 0.5) is 4.39 Å². The van der Waals surface area contributed by atoms with Crippen molar-refractivity contribution in [3.8, 4) is 0 Å². The molecule has 1 aromatic heterocycles. The van der Waals surface area contributed by atoms with E-state index in [1.807, 2.05) is 22.6 Å². The van der Waals surface area contributed by atoms with E-state index in [0.29, 0.717) is 25.8 Å². The SMILES string of the molecule is Cc1ncn(Cc2cccc(F)c2Br)c(=O)c1I. The van der Waals surface area contributed by atoms with Crippen LogP contribution in [0.5, 0.6) is 0 Å². The molecule has 2 aromatic rings. The van der Waals surface area contributed by atoms with Crippen molar-refractivity contribution in [1.29, 1.82) is 0 Å². The van der Waals surface area contributed by atoms with Gasteiger partial charge in [-0.2, -0.15) is 0 Å². The van der Waals surface area contributed by atoms with E-state index < -0.39 is 0 Å². The summed E-state index contributed by atoms with van der Waals surface area (Å²) in [4.78, 5) is 16.1. The van der Waals surface area contributed by atoms with Gasteiger partial charge in [-0.05, 0) is 57.1 Å². The summed E-state index contributed by atoms with van der Waals surface area (Å²) in [7, 11) is 0. The second kappa shape index (κ2) is 5.48. The summed E-state index contributed by atoms with van der Waals surface area (Å²) in [6.45, 7) is 2.08. The van der Waals surface area contributed by atoms with Gasteiger partial charge in [-0.25, -0.2) is 9.37 Å². The predicted octanol–water partition coefficient (Wildman–Crippen LogP) is 3.11. The lowest BCUT2D eigenvalue weighted by atomic mass is 10.2. The number of aryl methyl sites for hydroxylation is 1. The number of halogens is 3. The van der Waals surface area contributed by atoms with Crippen LogP contribution in [0.3, 0.4) is 0 Å². The first kappa shape index (κ1) is 13.7. The zero-order chi connectivity index (χ0) is 13.3. The van der Waals surface area contributed by atoms with Crippen LogP contribution >= 0.6 is 38.5 Å². The molecule has 18 heavy (non-hydrogen) atoms. The number of rotatable bonds is 2. The molecule has 0 atom stereocenters. The third-order valence-electron chi connectivity index (χ3n) is 2.53. The van der Waals surface area contributed by atoms with Gasteiger partial charge in [0.05, 0.1) is 26.6 Å². The molecule has 0 radical (unpaired) electrons. The summed E-state index contributed by atoms with van der Waals surface area (Å²) in [5.74, 6) is -0.338. The number of aromatic nitrogens is 2. The molecule has 0 amide bonds. The standard InChI is InChI=1S/C12H9BrFIN2O/c1-7-11(15)12(18)17(6-16-7)5-8-3-2-4-9(14)10(8)13/h2-4,6H,5H2,1H3. The average molecular weight is 423 g/mol. The molecule has 0 aliphatic heterocycles. The van der Waals surface area contributed by atoms with Crippen LogP contribution in [-0.2, 0) is 6.54 Å². The van der Waals surface area contributed by atoms with Crippen molar-refractivity contribution in [2.45, 2.75) is 13.5 Å². The average Bonchev–Trinajstić information content (AvgIpc) is 2.35. The normalized spacial score (nSPS) is 10.7. The van der Waals surface area contributed by atoms with Crippen molar-refractivity contribution in [2.75, 3.05) is 0 Å². The van der Waals surface area contributed by atoms with E-state index in [2.05, 4.69) is 20.9 Å². The molecule has 0 aliphatic carbocycles. The quantitative estimate of drug-likeness (QED) is 0.697. The highest BCUT2D eigenvalue weighted by molar-refractivity contribution is 14.1. The smallest absolute Gasteiger partial charge is 0.267 e. The highest BCUT2D eigenvalue weighted by atomic mass is 127. The Morgan fingerprint density at radius 3 is 2.94 bits per heavy atom. The lowest BCUT2D eigenvalue weighted by Gasteiger charge is -2.09. The van der Waals surface area contributed by atoms with Gasteiger partial charge in [0.2, 0.25) is 0 Å². The topological polar surface area (TPSA) is 34.9 Å². The van der Waals surface area contributed by atoms with Crippen LogP contribution in [0, 0.1) is 16.3 Å². The second-order valence-electron chi connectivity index (χ2n) is 3.79. The fraction of sp³-hybridized carbons (Fsp3) is 0.167. The fourth-order valence-electron chi connectivity index (χ4n) is 1.51. The van der Waals surface area contributed by atoms with Crippen molar-refractivity contribution in [1.82, 2.24) is 9.55 Å². The number of hydrogen-bond donors (Lipinski definition) is 0. The number of nitrogens with zero attached hydrogens (tertiary/aromatic N) is 2. The predicted molar refractivity (Wildman–Crippen MR) is 79.2 cm³/mol. The van der Waals surface area contributed by atoms with Crippen molar-refractivity contribution in [3.63, 3.8) is 0 Å². The van der Waals surface area contributed by atoms with Crippen molar-refractivity contribution < 1.29 is 4.39 Å². The van der Waals surface area contributed by atoms with Gasteiger partial charge in [-0.1, -0.05) is 12.1 Å². The molecule has 0 unspecified atom stereocenters. The highest BCUT2D eigenvalue weighted by Crippen LogP contribution is 2.20. The maximum atomic E-state index is 13.4. The van der Waals surface area contributed by atoms with E-state index in [4.69, 9.17) is 0 Å². The van der Waals surface area contributed by atoms with Gasteiger partial charge in [0, 0.05) is 0 Å². The Morgan fingerprint density at radius 1 is 1.50 bits per heavy atom. The van der Waals surface area contributed by atoms with Gasteiger partial charge >= 0.3 is 0 Å². The first-order chi connectivity index (χ1) is 8.50. The molecular weight excluding hydrogens is 414 g/mol. The van der Waals surface area contributed by atoms with E-state index in [-0.39, 0.29) is 11.4 Å². The van der Waals surface area contributed by atoms with Gasteiger partial charge in [-0.15, -0.1) is 0 Å². The molecular formula is C12H9BrFIN2O. The molecule has 0 spiro atoms. The first-order valence-electron chi connectivity index (χ1n) is 5.15. The molecule has 0 fully saturated rings. The Balaban J connectivity index is 2.44. The summed E-state index contributed by atoms with van der Waals surface area (Å²) in [5.41, 5.74) is 1.30. The molecule has 0 bridgehead atoms. The Labute approximate surface area is 125 Å². The lowest BCUT2D eigenvalue weighted by Crippen LogP contribution is -2.24. The molecule has 0 saturated heterocycles. The molecule has 0 aliphatic rings. The Hall–Kier alpha value is -0.760. The summed E-state index contributed by atoms with van der Waals surface area (Å²) in [6.07, 6.45) is 1.48. The van der Waals surface area contributed by atoms with Crippen molar-refractivity contribution in [3.05, 3.63) is 60.0 Å². The summed E-state index contributed by atoms with van der Waals surface area (Å²) < 4.78 is 15.8. The third kappa shape index (κ3) is 2.64. The molecule has 1 heterocycles. The molecule has 94 valence electrons. The van der Waals surface area contributed by atoms with Crippen LogP contribution in [0.1, 0.15) is 11.3 Å². The summed E-state index contributed by atoms with van der Waals surface area (Å²) in [5, 5.41) is 0. The van der Waals surface area contributed by atoms with E-state index in [1.54, 1.807) is 19.1 Å². The molecule has 1 aromatic carbocycles. The molecule has 2 rings (SSSR count). The zero-order valence-corrected chi connectivity index (χ0v) is 13.2. The van der Waals surface area contributed by atoms with Gasteiger partial charge < -0.3 is 0 Å². The minimum Gasteiger partial charge on any atom is -0.294 e. The monoisotopic (exact) mass is 422 g/mol. The van der Waals surface area contributed by atoms with Gasteiger partial charge in [0.15, 0.2) is 0 Å². The van der Waals surface area contributed by atoms with Crippen LogP contribution in [0.25, 0.3) is 0 Å². The first-order valence-corrected chi connectivity index (χ1v) is 7.02. The molecule has 0 saturated carbocycles. The van der Waals surface area contributed by atoms with Crippen LogP contribution in [-0.4, -0.2) is 9.55 Å². The van der Waals surface area contributed by atoms with Gasteiger partial charge in [0.25, 0.3) is 5.56 Å². The van der Waals surface area contributed by atoms with Crippen LogP contribution in [0.15, 0.2) is 33.8 Å². The summed E-state index contributed by atoms with van der Waals surface area (Å²) in [6, 6.07) is 4.76. The van der Waals surface area contributed by atoms with E-state index in [9.17, 15) is 9.18 Å². The van der Waals surface area contributed by atoms with Gasteiger partial charge in [0.1, 0.15) is 5.82 Å². The Bertz CT molecular complexity index is 657. The third-order valence-corrected chi connectivity index (χ3v) is 4.66. The van der Waals surface area contributed by atoms with E-state index in [1.165, 1.54) is 17.0 Å². The van der Waals surface area contributed by atoms with Crippen molar-refractivity contribution >= 4 is 38.5 Å². The lowest BCUT2D eigenvalue weighted by molar-refractivity contribution is 0.614. The molecule has 0 N–H and O–H groups in total. The summed E-state index contributed by atoms with van der Waals surface area (Å²) >= 11 is 5.15. The maximum Gasteiger partial charge on any atom is 0.267 e.